The van der Waals surface area contributed by atoms with Gasteiger partial charge in [0.25, 0.3) is 5.56 Å². The molecular weight excluding hydrogens is 272 g/mol. The summed E-state index contributed by atoms with van der Waals surface area (Å²) in [5.41, 5.74) is 0.575. The number of carbonyl (C=O) groups excluding carboxylic acids is 1. The smallest absolute Gasteiger partial charge is 0.252 e. The fourth-order valence-electron chi connectivity index (χ4n) is 2.41. The summed E-state index contributed by atoms with van der Waals surface area (Å²) in [5.74, 6) is 0.538. The van der Waals surface area contributed by atoms with Gasteiger partial charge in [-0.3, -0.25) is 14.6 Å². The summed E-state index contributed by atoms with van der Waals surface area (Å²) in [4.78, 5) is 32.2. The van der Waals surface area contributed by atoms with Gasteiger partial charge < -0.3 is 15.0 Å². The van der Waals surface area contributed by atoms with Gasteiger partial charge in [-0.25, -0.2) is 4.98 Å². The number of ether oxygens (including phenoxy) is 1. The molecule has 0 aliphatic carbocycles. The Morgan fingerprint density at radius 2 is 2.24 bits per heavy atom. The van der Waals surface area contributed by atoms with Crippen LogP contribution in [0, 0.1) is 6.92 Å². The molecule has 116 valence electrons. The average molecular weight is 294 g/mol. The predicted molar refractivity (Wildman–Crippen MR) is 79.5 cm³/mol. The molecule has 7 heteroatoms. The minimum absolute atomic E-state index is 0.0719. The van der Waals surface area contributed by atoms with Gasteiger partial charge in [-0.1, -0.05) is 0 Å². The summed E-state index contributed by atoms with van der Waals surface area (Å²) in [6.07, 6.45) is 1.66. The number of amides is 1. The van der Waals surface area contributed by atoms with Gasteiger partial charge in [0, 0.05) is 37.5 Å². The molecule has 1 fully saturated rings. The number of rotatable bonds is 5. The van der Waals surface area contributed by atoms with Gasteiger partial charge in [0.15, 0.2) is 0 Å². The van der Waals surface area contributed by atoms with Crippen LogP contribution in [0.3, 0.4) is 0 Å². The normalized spacial score (nSPS) is 16.0. The van der Waals surface area contributed by atoms with E-state index in [1.807, 2.05) is 11.8 Å². The number of aromatic amines is 1. The molecule has 1 saturated heterocycles. The van der Waals surface area contributed by atoms with Crippen molar-refractivity contribution >= 4 is 11.9 Å². The Labute approximate surface area is 123 Å². The number of hydrogen-bond donors (Lipinski definition) is 2. The van der Waals surface area contributed by atoms with E-state index in [0.717, 1.165) is 25.9 Å². The Hall–Kier alpha value is -1.89. The topological polar surface area (TPSA) is 87.3 Å². The maximum atomic E-state index is 11.6. The molecule has 0 spiro atoms. The van der Waals surface area contributed by atoms with Gasteiger partial charge in [0.1, 0.15) is 6.61 Å². The van der Waals surface area contributed by atoms with E-state index >= 15 is 0 Å². The molecule has 2 rings (SSSR count). The number of piperidine rings is 1. The number of nitrogens with zero attached hydrogens (tertiary/aromatic N) is 2. The first-order chi connectivity index (χ1) is 10.1. The second-order valence-corrected chi connectivity index (χ2v) is 5.18. The first-order valence-corrected chi connectivity index (χ1v) is 7.28. The van der Waals surface area contributed by atoms with E-state index in [9.17, 15) is 9.59 Å². The molecule has 1 aromatic heterocycles. The molecule has 2 heterocycles. The predicted octanol–water partition coefficient (Wildman–Crippen LogP) is 0.200. The van der Waals surface area contributed by atoms with Crippen molar-refractivity contribution < 1.29 is 9.53 Å². The second kappa shape index (κ2) is 7.21. The highest BCUT2D eigenvalue weighted by atomic mass is 16.5. The average Bonchev–Trinajstić information content (AvgIpc) is 2.45. The van der Waals surface area contributed by atoms with Gasteiger partial charge in [0.2, 0.25) is 11.9 Å². The minimum Gasteiger partial charge on any atom is -0.372 e. The van der Waals surface area contributed by atoms with Crippen molar-refractivity contribution in [2.45, 2.75) is 32.7 Å². The number of hydrogen-bond acceptors (Lipinski definition) is 5. The van der Waals surface area contributed by atoms with Gasteiger partial charge in [-0.15, -0.1) is 0 Å². The maximum absolute atomic E-state index is 11.6. The van der Waals surface area contributed by atoms with Crippen molar-refractivity contribution in [1.29, 1.82) is 0 Å². The van der Waals surface area contributed by atoms with E-state index in [2.05, 4.69) is 15.3 Å². The summed E-state index contributed by atoms with van der Waals surface area (Å²) < 4.78 is 5.08. The van der Waals surface area contributed by atoms with Gasteiger partial charge in [0.05, 0.1) is 0 Å². The highest BCUT2D eigenvalue weighted by Gasteiger charge is 2.22. The molecule has 0 bridgehead atoms. The van der Waals surface area contributed by atoms with E-state index in [4.69, 9.17) is 4.74 Å². The van der Waals surface area contributed by atoms with E-state index in [1.54, 1.807) is 6.92 Å². The fourth-order valence-corrected chi connectivity index (χ4v) is 2.41. The third-order valence-corrected chi connectivity index (χ3v) is 3.45. The van der Waals surface area contributed by atoms with Gasteiger partial charge >= 0.3 is 0 Å². The van der Waals surface area contributed by atoms with Crippen LogP contribution in [0.1, 0.15) is 25.5 Å². The SMILES string of the molecule is CCOCC(=O)NC1CCN(c2nc(C)cc(=O)[nH]2)CC1. The molecule has 0 atom stereocenters. The molecule has 1 amide bonds. The van der Waals surface area contributed by atoms with Crippen LogP contribution in [0.2, 0.25) is 0 Å². The molecule has 0 saturated carbocycles. The molecule has 2 N–H and O–H groups in total. The van der Waals surface area contributed by atoms with Crippen molar-refractivity contribution in [3.63, 3.8) is 0 Å². The van der Waals surface area contributed by atoms with E-state index < -0.39 is 0 Å². The summed E-state index contributed by atoms with van der Waals surface area (Å²) in [7, 11) is 0. The first-order valence-electron chi connectivity index (χ1n) is 7.28. The lowest BCUT2D eigenvalue weighted by Gasteiger charge is -2.32. The Kier molecular flexibility index (Phi) is 5.32. The van der Waals surface area contributed by atoms with Crippen molar-refractivity contribution in [2.75, 3.05) is 31.2 Å². The van der Waals surface area contributed by atoms with Crippen LogP contribution in [0.5, 0.6) is 0 Å². The largest absolute Gasteiger partial charge is 0.372 e. The lowest BCUT2D eigenvalue weighted by Crippen LogP contribution is -2.46. The number of nitrogens with one attached hydrogen (secondary N) is 2. The maximum Gasteiger partial charge on any atom is 0.252 e. The number of H-pyrrole nitrogens is 1. The van der Waals surface area contributed by atoms with Crippen molar-refractivity contribution in [2.24, 2.45) is 0 Å². The van der Waals surface area contributed by atoms with E-state index in [-0.39, 0.29) is 24.1 Å². The van der Waals surface area contributed by atoms with Crippen molar-refractivity contribution in [3.05, 3.63) is 22.1 Å². The van der Waals surface area contributed by atoms with Crippen LogP contribution in [-0.4, -0.2) is 48.2 Å². The van der Waals surface area contributed by atoms with Crippen LogP contribution in [0.15, 0.2) is 10.9 Å². The third kappa shape index (κ3) is 4.56. The quantitative estimate of drug-likeness (QED) is 0.810. The summed E-state index contributed by atoms with van der Waals surface area (Å²) >= 11 is 0. The first kappa shape index (κ1) is 15.5. The lowest BCUT2D eigenvalue weighted by atomic mass is 10.1. The zero-order chi connectivity index (χ0) is 15.2. The summed E-state index contributed by atoms with van der Waals surface area (Å²) in [6.45, 7) is 5.83. The van der Waals surface area contributed by atoms with Gasteiger partial charge in [-0.2, -0.15) is 0 Å². The molecule has 21 heavy (non-hydrogen) atoms. The number of anilines is 1. The van der Waals surface area contributed by atoms with Crippen molar-refractivity contribution in [1.82, 2.24) is 15.3 Å². The second-order valence-electron chi connectivity index (χ2n) is 5.18. The molecule has 0 aromatic carbocycles. The molecule has 1 aromatic rings. The molecule has 1 aliphatic rings. The standard InChI is InChI=1S/C14H22N4O3/c1-3-21-9-13(20)16-11-4-6-18(7-5-11)14-15-10(2)8-12(19)17-14/h8,11H,3-7,9H2,1-2H3,(H,16,20)(H,15,17,19). The summed E-state index contributed by atoms with van der Waals surface area (Å²) in [6, 6.07) is 1.63. The highest BCUT2D eigenvalue weighted by Crippen LogP contribution is 2.15. The number of aryl methyl sites for hydroxylation is 1. The van der Waals surface area contributed by atoms with Crippen LogP contribution in [-0.2, 0) is 9.53 Å². The molecule has 1 aliphatic heterocycles. The number of aromatic nitrogens is 2. The van der Waals surface area contributed by atoms with Crippen LogP contribution < -0.4 is 15.8 Å². The Morgan fingerprint density at radius 1 is 1.52 bits per heavy atom. The van der Waals surface area contributed by atoms with Crippen LogP contribution in [0.4, 0.5) is 5.95 Å². The third-order valence-electron chi connectivity index (χ3n) is 3.45. The Balaban J connectivity index is 1.85. The van der Waals surface area contributed by atoms with E-state index in [0.29, 0.717) is 18.2 Å². The minimum atomic E-state index is -0.135. The number of carbonyl (C=O) groups is 1. The lowest BCUT2D eigenvalue weighted by molar-refractivity contribution is -0.126. The van der Waals surface area contributed by atoms with Gasteiger partial charge in [-0.05, 0) is 26.7 Å². The molecule has 0 unspecified atom stereocenters. The zero-order valence-electron chi connectivity index (χ0n) is 12.5. The Bertz CT molecular complexity index is 535. The van der Waals surface area contributed by atoms with Crippen LogP contribution in [0.25, 0.3) is 0 Å². The van der Waals surface area contributed by atoms with Crippen molar-refractivity contribution in [3.8, 4) is 0 Å². The van der Waals surface area contributed by atoms with E-state index in [1.165, 1.54) is 6.07 Å². The zero-order valence-corrected chi connectivity index (χ0v) is 12.5. The van der Waals surface area contributed by atoms with Crippen LogP contribution >= 0.6 is 0 Å². The monoisotopic (exact) mass is 294 g/mol. The molecule has 0 radical (unpaired) electrons. The fraction of sp³-hybridized carbons (Fsp3) is 0.643. The summed E-state index contributed by atoms with van der Waals surface area (Å²) in [5, 5.41) is 2.97. The highest BCUT2D eigenvalue weighted by molar-refractivity contribution is 5.77. The Morgan fingerprint density at radius 3 is 2.86 bits per heavy atom. The molecule has 7 nitrogen and oxygen atoms in total. The molecular formula is C14H22N4O3.